The maximum absolute atomic E-state index is 9.31. The molecular formula is C17H23ClN4O3. The van der Waals surface area contributed by atoms with Gasteiger partial charge in [-0.1, -0.05) is 28.9 Å². The van der Waals surface area contributed by atoms with Gasteiger partial charge in [0.2, 0.25) is 11.7 Å². The molecule has 0 aliphatic carbocycles. The van der Waals surface area contributed by atoms with Crippen molar-refractivity contribution in [2.45, 2.75) is 6.54 Å². The maximum Gasteiger partial charge on any atom is 0.241 e. The maximum atomic E-state index is 9.31. The molecule has 2 aromatic rings. The van der Waals surface area contributed by atoms with Gasteiger partial charge >= 0.3 is 0 Å². The van der Waals surface area contributed by atoms with E-state index in [0.29, 0.717) is 29.8 Å². The van der Waals surface area contributed by atoms with Crippen molar-refractivity contribution in [1.82, 2.24) is 19.9 Å². The van der Waals surface area contributed by atoms with Crippen LogP contribution in [0.3, 0.4) is 0 Å². The molecule has 0 spiro atoms. The Labute approximate surface area is 152 Å². The van der Waals surface area contributed by atoms with E-state index in [9.17, 15) is 5.11 Å². The number of rotatable bonds is 8. The Morgan fingerprint density at radius 1 is 1.24 bits per heavy atom. The zero-order valence-electron chi connectivity index (χ0n) is 14.1. The molecule has 2 heterocycles. The molecule has 1 saturated heterocycles. The highest BCUT2D eigenvalue weighted by molar-refractivity contribution is 6.30. The van der Waals surface area contributed by atoms with Crippen LogP contribution in [0.1, 0.15) is 5.89 Å². The van der Waals surface area contributed by atoms with Crippen LogP contribution in [0.2, 0.25) is 5.02 Å². The first-order valence-corrected chi connectivity index (χ1v) is 8.84. The van der Waals surface area contributed by atoms with E-state index in [4.69, 9.17) is 20.9 Å². The molecule has 0 bridgehead atoms. The van der Waals surface area contributed by atoms with Gasteiger partial charge in [-0.3, -0.25) is 9.80 Å². The average molecular weight is 367 g/mol. The Bertz CT molecular complexity index is 661. The monoisotopic (exact) mass is 366 g/mol. The summed E-state index contributed by atoms with van der Waals surface area (Å²) in [6.45, 7) is 6.41. The predicted octanol–water partition coefficient (Wildman–Crippen LogP) is 1.52. The van der Waals surface area contributed by atoms with Crippen LogP contribution in [0.25, 0.3) is 11.4 Å². The Kier molecular flexibility index (Phi) is 6.77. The number of aliphatic hydroxyl groups is 1. The lowest BCUT2D eigenvalue weighted by Gasteiger charge is -2.29. The fourth-order valence-corrected chi connectivity index (χ4v) is 2.96. The van der Waals surface area contributed by atoms with E-state index >= 15 is 0 Å². The molecule has 1 aliphatic heterocycles. The lowest BCUT2D eigenvalue weighted by molar-refractivity contribution is 0.0314. The molecule has 1 aliphatic rings. The van der Waals surface area contributed by atoms with Crippen molar-refractivity contribution in [3.8, 4) is 11.4 Å². The van der Waals surface area contributed by atoms with Crippen LogP contribution in [0.15, 0.2) is 28.8 Å². The molecule has 25 heavy (non-hydrogen) atoms. The SMILES string of the molecule is OCCN(CCN1CCOCC1)Cc1nc(-c2cccc(Cl)c2)no1. The van der Waals surface area contributed by atoms with E-state index in [2.05, 4.69) is 19.9 Å². The van der Waals surface area contributed by atoms with Gasteiger partial charge in [-0.2, -0.15) is 4.98 Å². The zero-order chi connectivity index (χ0) is 17.5. The van der Waals surface area contributed by atoms with Crippen LogP contribution in [0.5, 0.6) is 0 Å². The van der Waals surface area contributed by atoms with Crippen LogP contribution in [-0.2, 0) is 11.3 Å². The van der Waals surface area contributed by atoms with Gasteiger partial charge in [-0.15, -0.1) is 0 Å². The van der Waals surface area contributed by atoms with E-state index in [1.807, 2.05) is 12.1 Å². The highest BCUT2D eigenvalue weighted by atomic mass is 35.5. The summed E-state index contributed by atoms with van der Waals surface area (Å²) in [5.41, 5.74) is 0.824. The number of benzene rings is 1. The van der Waals surface area contributed by atoms with Gasteiger partial charge in [0.05, 0.1) is 26.4 Å². The second kappa shape index (κ2) is 9.26. The van der Waals surface area contributed by atoms with Crippen molar-refractivity contribution in [2.75, 3.05) is 52.5 Å². The molecule has 1 aromatic carbocycles. The summed E-state index contributed by atoms with van der Waals surface area (Å²) >= 11 is 6.01. The summed E-state index contributed by atoms with van der Waals surface area (Å²) < 4.78 is 10.7. The molecular weight excluding hydrogens is 344 g/mol. The van der Waals surface area contributed by atoms with Crippen molar-refractivity contribution < 1.29 is 14.4 Å². The third-order valence-electron chi connectivity index (χ3n) is 4.16. The van der Waals surface area contributed by atoms with Gasteiger partial charge in [0.1, 0.15) is 0 Å². The third kappa shape index (κ3) is 5.49. The lowest BCUT2D eigenvalue weighted by Crippen LogP contribution is -2.41. The van der Waals surface area contributed by atoms with E-state index in [1.54, 1.807) is 12.1 Å². The summed E-state index contributed by atoms with van der Waals surface area (Å²) in [6, 6.07) is 7.36. The van der Waals surface area contributed by atoms with Crippen molar-refractivity contribution in [1.29, 1.82) is 0 Å². The van der Waals surface area contributed by atoms with Crippen LogP contribution in [0.4, 0.5) is 0 Å². The van der Waals surface area contributed by atoms with Gasteiger partial charge in [-0.25, -0.2) is 0 Å². The molecule has 3 rings (SSSR count). The summed E-state index contributed by atoms with van der Waals surface area (Å²) in [7, 11) is 0. The summed E-state index contributed by atoms with van der Waals surface area (Å²) in [4.78, 5) is 8.92. The van der Waals surface area contributed by atoms with Crippen LogP contribution in [-0.4, -0.2) is 77.6 Å². The normalized spacial score (nSPS) is 15.8. The smallest absolute Gasteiger partial charge is 0.241 e. The van der Waals surface area contributed by atoms with Gasteiger partial charge in [-0.05, 0) is 12.1 Å². The topological polar surface area (TPSA) is 74.9 Å². The second-order valence-corrected chi connectivity index (χ2v) is 6.41. The number of morpholine rings is 1. The fourth-order valence-electron chi connectivity index (χ4n) is 2.77. The van der Waals surface area contributed by atoms with Crippen LogP contribution < -0.4 is 0 Å². The molecule has 0 saturated carbocycles. The van der Waals surface area contributed by atoms with E-state index < -0.39 is 0 Å². The number of nitrogens with zero attached hydrogens (tertiary/aromatic N) is 4. The molecule has 1 fully saturated rings. The minimum absolute atomic E-state index is 0.0956. The molecule has 0 atom stereocenters. The molecule has 7 nitrogen and oxygen atoms in total. The number of aliphatic hydroxyl groups excluding tert-OH is 1. The van der Waals surface area contributed by atoms with Crippen molar-refractivity contribution in [2.24, 2.45) is 0 Å². The van der Waals surface area contributed by atoms with Gasteiger partial charge in [0.25, 0.3) is 0 Å². The van der Waals surface area contributed by atoms with Crippen molar-refractivity contribution >= 4 is 11.6 Å². The van der Waals surface area contributed by atoms with E-state index in [-0.39, 0.29) is 6.61 Å². The van der Waals surface area contributed by atoms with Gasteiger partial charge < -0.3 is 14.4 Å². The number of hydrogen-bond donors (Lipinski definition) is 1. The lowest BCUT2D eigenvalue weighted by atomic mass is 10.2. The minimum atomic E-state index is 0.0956. The van der Waals surface area contributed by atoms with Crippen molar-refractivity contribution in [3.05, 3.63) is 35.2 Å². The van der Waals surface area contributed by atoms with Crippen LogP contribution >= 0.6 is 11.6 Å². The fraction of sp³-hybridized carbons (Fsp3) is 0.529. The molecule has 8 heteroatoms. The van der Waals surface area contributed by atoms with Gasteiger partial charge in [0.15, 0.2) is 0 Å². The zero-order valence-corrected chi connectivity index (χ0v) is 14.9. The third-order valence-corrected chi connectivity index (χ3v) is 4.40. The summed E-state index contributed by atoms with van der Waals surface area (Å²) in [5, 5.41) is 14.0. The quantitative estimate of drug-likeness (QED) is 0.759. The minimum Gasteiger partial charge on any atom is -0.395 e. The Morgan fingerprint density at radius 3 is 2.84 bits per heavy atom. The second-order valence-electron chi connectivity index (χ2n) is 5.98. The number of aromatic nitrogens is 2. The van der Waals surface area contributed by atoms with E-state index in [1.165, 1.54) is 0 Å². The highest BCUT2D eigenvalue weighted by Crippen LogP contribution is 2.20. The summed E-state index contributed by atoms with van der Waals surface area (Å²) in [6.07, 6.45) is 0. The van der Waals surface area contributed by atoms with Crippen LogP contribution in [0, 0.1) is 0 Å². The first kappa shape index (κ1) is 18.3. The number of hydrogen-bond acceptors (Lipinski definition) is 7. The predicted molar refractivity (Wildman–Crippen MR) is 94.4 cm³/mol. The number of ether oxygens (including phenoxy) is 1. The van der Waals surface area contributed by atoms with Crippen molar-refractivity contribution in [3.63, 3.8) is 0 Å². The molecule has 1 aromatic heterocycles. The molecule has 0 unspecified atom stereocenters. The first-order chi connectivity index (χ1) is 12.2. The van der Waals surface area contributed by atoms with Gasteiger partial charge in [0, 0.05) is 43.3 Å². The Hall–Kier alpha value is -1.51. The summed E-state index contributed by atoms with van der Waals surface area (Å²) in [5.74, 6) is 1.06. The standard InChI is InChI=1S/C17H23ClN4O3/c18-15-3-1-2-14(12-15)17-19-16(25-20-17)13-22(6-9-23)5-4-21-7-10-24-11-8-21/h1-3,12,23H,4-11,13H2. The average Bonchev–Trinajstić information content (AvgIpc) is 3.09. The molecule has 0 radical (unpaired) electrons. The highest BCUT2D eigenvalue weighted by Gasteiger charge is 2.16. The molecule has 0 amide bonds. The number of halogens is 1. The Morgan fingerprint density at radius 2 is 2.08 bits per heavy atom. The molecule has 1 N–H and O–H groups in total. The largest absolute Gasteiger partial charge is 0.395 e. The molecule has 136 valence electrons. The first-order valence-electron chi connectivity index (χ1n) is 8.46. The van der Waals surface area contributed by atoms with E-state index in [0.717, 1.165) is 45.0 Å². The Balaban J connectivity index is 1.58.